The van der Waals surface area contributed by atoms with E-state index in [9.17, 15) is 4.39 Å². The van der Waals surface area contributed by atoms with E-state index in [1.54, 1.807) is 17.8 Å². The number of nitrogens with two attached hydrogens (primary N) is 1. The van der Waals surface area contributed by atoms with E-state index in [-0.39, 0.29) is 11.5 Å². The Kier molecular flexibility index (Phi) is 2.76. The van der Waals surface area contributed by atoms with Gasteiger partial charge in [0.15, 0.2) is 0 Å². The molecular formula is C8H10FNS. The number of hydrogen-bond donors (Lipinski definition) is 1. The largest absolute Gasteiger partial charge is 0.396 e. The van der Waals surface area contributed by atoms with Crippen molar-refractivity contribution in [1.82, 2.24) is 0 Å². The highest BCUT2D eigenvalue weighted by molar-refractivity contribution is 7.97. The minimum Gasteiger partial charge on any atom is -0.396 e. The molecule has 0 aromatic heterocycles. The summed E-state index contributed by atoms with van der Waals surface area (Å²) in [6.45, 7) is 0. The molecule has 1 rings (SSSR count). The van der Waals surface area contributed by atoms with Crippen molar-refractivity contribution in [3.8, 4) is 0 Å². The molecule has 0 atom stereocenters. The number of thioether (sulfide) groups is 1. The summed E-state index contributed by atoms with van der Waals surface area (Å²) < 4.78 is 12.8. The van der Waals surface area contributed by atoms with E-state index < -0.39 is 0 Å². The first-order valence-electron chi connectivity index (χ1n) is 3.27. The highest BCUT2D eigenvalue weighted by atomic mass is 32.2. The van der Waals surface area contributed by atoms with Gasteiger partial charge in [-0.1, -0.05) is 6.07 Å². The lowest BCUT2D eigenvalue weighted by Crippen LogP contribution is -1.91. The van der Waals surface area contributed by atoms with Crippen LogP contribution in [0.3, 0.4) is 0 Å². The molecule has 0 unspecified atom stereocenters. The highest BCUT2D eigenvalue weighted by Gasteiger charge is 1.98. The fourth-order valence-electron chi connectivity index (χ4n) is 0.827. The highest BCUT2D eigenvalue weighted by Crippen LogP contribution is 2.15. The van der Waals surface area contributed by atoms with Crippen molar-refractivity contribution in [1.29, 1.82) is 0 Å². The Morgan fingerprint density at radius 2 is 2.27 bits per heavy atom. The standard InChI is InChI=1S/C8H10FNS/c1-11-5-6-2-3-8(10)7(9)4-6/h2-4H,5,10H2,1H3. The van der Waals surface area contributed by atoms with Gasteiger partial charge in [0.25, 0.3) is 0 Å². The predicted octanol–water partition coefficient (Wildman–Crippen LogP) is 2.27. The third-order valence-corrected chi connectivity index (χ3v) is 2.00. The zero-order valence-electron chi connectivity index (χ0n) is 6.30. The molecule has 0 bridgehead atoms. The van der Waals surface area contributed by atoms with Gasteiger partial charge in [0.1, 0.15) is 5.82 Å². The summed E-state index contributed by atoms with van der Waals surface area (Å²) in [5.74, 6) is 0.508. The summed E-state index contributed by atoms with van der Waals surface area (Å²) in [5, 5.41) is 0. The Morgan fingerprint density at radius 1 is 1.55 bits per heavy atom. The molecule has 0 heterocycles. The molecule has 60 valence electrons. The molecule has 11 heavy (non-hydrogen) atoms. The van der Waals surface area contributed by atoms with E-state index in [4.69, 9.17) is 5.73 Å². The lowest BCUT2D eigenvalue weighted by molar-refractivity contribution is 0.631. The average Bonchev–Trinajstić information content (AvgIpc) is 1.98. The summed E-state index contributed by atoms with van der Waals surface area (Å²) in [6.07, 6.45) is 1.98. The minimum atomic E-state index is -0.323. The smallest absolute Gasteiger partial charge is 0.146 e. The van der Waals surface area contributed by atoms with E-state index in [1.807, 2.05) is 12.3 Å². The Hall–Kier alpha value is -0.700. The Balaban J connectivity index is 2.86. The van der Waals surface area contributed by atoms with Gasteiger partial charge in [0, 0.05) is 5.75 Å². The van der Waals surface area contributed by atoms with Crippen LogP contribution >= 0.6 is 11.8 Å². The van der Waals surface area contributed by atoms with Gasteiger partial charge in [0.05, 0.1) is 5.69 Å². The molecule has 1 nitrogen and oxygen atoms in total. The SMILES string of the molecule is CSCc1ccc(N)c(F)c1. The molecule has 0 fully saturated rings. The lowest BCUT2D eigenvalue weighted by Gasteiger charge is -1.99. The van der Waals surface area contributed by atoms with Crippen molar-refractivity contribution in [2.24, 2.45) is 0 Å². The van der Waals surface area contributed by atoms with E-state index in [0.717, 1.165) is 11.3 Å². The van der Waals surface area contributed by atoms with Gasteiger partial charge in [-0.3, -0.25) is 0 Å². The van der Waals surface area contributed by atoms with Crippen LogP contribution in [0, 0.1) is 5.82 Å². The van der Waals surface area contributed by atoms with Crippen LogP contribution in [0.4, 0.5) is 10.1 Å². The molecule has 0 radical (unpaired) electrons. The second-order valence-electron chi connectivity index (χ2n) is 2.29. The van der Waals surface area contributed by atoms with Crippen molar-refractivity contribution in [3.05, 3.63) is 29.6 Å². The van der Waals surface area contributed by atoms with Crippen LogP contribution in [0.25, 0.3) is 0 Å². The van der Waals surface area contributed by atoms with Gasteiger partial charge in [-0.2, -0.15) is 11.8 Å². The maximum Gasteiger partial charge on any atom is 0.146 e. The van der Waals surface area contributed by atoms with Crippen LogP contribution in [0.5, 0.6) is 0 Å². The summed E-state index contributed by atoms with van der Waals surface area (Å²) in [5.41, 5.74) is 6.50. The number of anilines is 1. The first-order valence-corrected chi connectivity index (χ1v) is 4.66. The van der Waals surface area contributed by atoms with Crippen molar-refractivity contribution in [2.75, 3.05) is 12.0 Å². The van der Waals surface area contributed by atoms with Crippen molar-refractivity contribution < 1.29 is 4.39 Å². The molecule has 0 amide bonds. The Morgan fingerprint density at radius 3 is 2.82 bits per heavy atom. The first kappa shape index (κ1) is 8.40. The third-order valence-electron chi connectivity index (χ3n) is 1.38. The predicted molar refractivity (Wildman–Crippen MR) is 48.0 cm³/mol. The van der Waals surface area contributed by atoms with Crippen molar-refractivity contribution in [2.45, 2.75) is 5.75 Å². The Labute approximate surface area is 69.8 Å². The maximum absolute atomic E-state index is 12.8. The molecule has 0 aliphatic carbocycles. The molecule has 1 aromatic carbocycles. The molecule has 2 N–H and O–H groups in total. The third kappa shape index (κ3) is 2.12. The Bertz CT molecular complexity index is 250. The summed E-state index contributed by atoms with van der Waals surface area (Å²) in [4.78, 5) is 0. The van der Waals surface area contributed by atoms with E-state index in [0.29, 0.717) is 0 Å². The van der Waals surface area contributed by atoms with Gasteiger partial charge in [-0.25, -0.2) is 4.39 Å². The molecule has 0 saturated carbocycles. The number of halogens is 1. The molecule has 0 aliphatic rings. The topological polar surface area (TPSA) is 26.0 Å². The van der Waals surface area contributed by atoms with Crippen LogP contribution in [0.2, 0.25) is 0 Å². The zero-order chi connectivity index (χ0) is 8.27. The van der Waals surface area contributed by atoms with Crippen LogP contribution in [0.1, 0.15) is 5.56 Å². The molecule has 1 aromatic rings. The van der Waals surface area contributed by atoms with Crippen LogP contribution in [-0.4, -0.2) is 6.26 Å². The van der Waals surface area contributed by atoms with Gasteiger partial charge >= 0.3 is 0 Å². The number of rotatable bonds is 2. The molecule has 0 saturated heterocycles. The maximum atomic E-state index is 12.8. The van der Waals surface area contributed by atoms with E-state index in [2.05, 4.69) is 0 Å². The van der Waals surface area contributed by atoms with E-state index >= 15 is 0 Å². The van der Waals surface area contributed by atoms with Gasteiger partial charge in [0.2, 0.25) is 0 Å². The fraction of sp³-hybridized carbons (Fsp3) is 0.250. The van der Waals surface area contributed by atoms with Gasteiger partial charge in [-0.05, 0) is 24.0 Å². The molecule has 3 heteroatoms. The fourth-order valence-corrected chi connectivity index (χ4v) is 1.34. The summed E-state index contributed by atoms with van der Waals surface area (Å²) >= 11 is 1.66. The van der Waals surface area contributed by atoms with Crippen LogP contribution in [0.15, 0.2) is 18.2 Å². The second kappa shape index (κ2) is 3.62. The molecule has 0 spiro atoms. The van der Waals surface area contributed by atoms with Crippen LogP contribution < -0.4 is 5.73 Å². The monoisotopic (exact) mass is 171 g/mol. The number of benzene rings is 1. The van der Waals surface area contributed by atoms with Crippen molar-refractivity contribution >= 4 is 17.4 Å². The zero-order valence-corrected chi connectivity index (χ0v) is 7.12. The normalized spacial score (nSPS) is 10.0. The van der Waals surface area contributed by atoms with E-state index in [1.165, 1.54) is 6.07 Å². The van der Waals surface area contributed by atoms with Crippen LogP contribution in [-0.2, 0) is 5.75 Å². The molecular weight excluding hydrogens is 161 g/mol. The van der Waals surface area contributed by atoms with Gasteiger partial charge in [-0.15, -0.1) is 0 Å². The lowest BCUT2D eigenvalue weighted by atomic mass is 10.2. The number of nitrogen functional groups attached to an aromatic ring is 1. The number of hydrogen-bond acceptors (Lipinski definition) is 2. The van der Waals surface area contributed by atoms with Gasteiger partial charge < -0.3 is 5.73 Å². The second-order valence-corrected chi connectivity index (χ2v) is 3.15. The molecule has 0 aliphatic heterocycles. The van der Waals surface area contributed by atoms with Crippen molar-refractivity contribution in [3.63, 3.8) is 0 Å². The summed E-state index contributed by atoms with van der Waals surface area (Å²) in [6, 6.07) is 4.92. The quantitative estimate of drug-likeness (QED) is 0.691. The summed E-state index contributed by atoms with van der Waals surface area (Å²) in [7, 11) is 0. The average molecular weight is 171 g/mol. The first-order chi connectivity index (χ1) is 5.24. The minimum absolute atomic E-state index is 0.217.